The number of amides is 1. The summed E-state index contributed by atoms with van der Waals surface area (Å²) in [7, 11) is 2.04. The molecule has 138 valence electrons. The summed E-state index contributed by atoms with van der Waals surface area (Å²) < 4.78 is 15.2. The van der Waals surface area contributed by atoms with Crippen LogP contribution in [0.1, 0.15) is 22.0 Å². The van der Waals surface area contributed by atoms with Crippen LogP contribution >= 0.6 is 0 Å². The summed E-state index contributed by atoms with van der Waals surface area (Å²) in [6.07, 6.45) is 3.92. The molecular weight excluding hydrogens is 341 g/mol. The van der Waals surface area contributed by atoms with Gasteiger partial charge >= 0.3 is 0 Å². The molecule has 1 aromatic heterocycles. The highest BCUT2D eigenvalue weighted by Crippen LogP contribution is 2.25. The van der Waals surface area contributed by atoms with Crippen LogP contribution in [-0.4, -0.2) is 47.0 Å². The van der Waals surface area contributed by atoms with Crippen LogP contribution in [0.3, 0.4) is 0 Å². The first-order valence-corrected chi connectivity index (χ1v) is 9.10. The maximum atomic E-state index is 13.3. The molecule has 0 aliphatic carbocycles. The molecule has 1 aliphatic heterocycles. The van der Waals surface area contributed by atoms with Crippen molar-refractivity contribution in [3.63, 3.8) is 0 Å². The van der Waals surface area contributed by atoms with Gasteiger partial charge in [0, 0.05) is 43.3 Å². The summed E-state index contributed by atoms with van der Waals surface area (Å²) in [5.41, 5.74) is 2.68. The zero-order valence-corrected chi connectivity index (χ0v) is 15.3. The van der Waals surface area contributed by atoms with Crippen molar-refractivity contribution in [3.05, 3.63) is 90.0 Å². The largest absolute Gasteiger partial charge is 0.335 e. The molecule has 1 atom stereocenters. The van der Waals surface area contributed by atoms with Crippen molar-refractivity contribution in [3.8, 4) is 5.69 Å². The molecule has 0 N–H and O–H groups in total. The zero-order valence-electron chi connectivity index (χ0n) is 15.3. The predicted octanol–water partition coefficient (Wildman–Crippen LogP) is 3.75. The molecule has 4 rings (SSSR count). The molecule has 0 bridgehead atoms. The van der Waals surface area contributed by atoms with Gasteiger partial charge < -0.3 is 9.47 Å². The van der Waals surface area contributed by atoms with Gasteiger partial charge in [0.15, 0.2) is 0 Å². The molecule has 4 nitrogen and oxygen atoms in total. The fourth-order valence-electron chi connectivity index (χ4n) is 3.59. The molecule has 3 aromatic rings. The Kier molecular flexibility index (Phi) is 4.77. The number of benzene rings is 2. The SMILES string of the molecule is CN1CCN(C(=O)c2cccc(-n3cccc3)c2)CC1c1ccc(F)cc1. The molecule has 1 unspecified atom stereocenters. The average Bonchev–Trinajstić information content (AvgIpc) is 3.24. The van der Waals surface area contributed by atoms with E-state index < -0.39 is 0 Å². The number of carbonyl (C=O) groups is 1. The van der Waals surface area contributed by atoms with Crippen LogP contribution in [-0.2, 0) is 0 Å². The van der Waals surface area contributed by atoms with E-state index in [1.165, 1.54) is 12.1 Å². The lowest BCUT2D eigenvalue weighted by atomic mass is 10.0. The van der Waals surface area contributed by atoms with Crippen LogP contribution in [0.2, 0.25) is 0 Å². The van der Waals surface area contributed by atoms with Crippen molar-refractivity contribution in [2.24, 2.45) is 0 Å². The Labute approximate surface area is 158 Å². The second kappa shape index (κ2) is 7.37. The Balaban J connectivity index is 1.55. The summed E-state index contributed by atoms with van der Waals surface area (Å²) in [5, 5.41) is 0. The Hall–Kier alpha value is -2.92. The highest BCUT2D eigenvalue weighted by molar-refractivity contribution is 5.94. The maximum Gasteiger partial charge on any atom is 0.254 e. The number of likely N-dealkylation sites (N-methyl/N-ethyl adjacent to an activating group) is 1. The number of nitrogens with zero attached hydrogens (tertiary/aromatic N) is 3. The van der Waals surface area contributed by atoms with Crippen LogP contribution in [0.5, 0.6) is 0 Å². The van der Waals surface area contributed by atoms with Gasteiger partial charge in [0.05, 0.1) is 6.04 Å². The Bertz CT molecular complexity index is 921. The van der Waals surface area contributed by atoms with Crippen molar-refractivity contribution < 1.29 is 9.18 Å². The first-order chi connectivity index (χ1) is 13.1. The topological polar surface area (TPSA) is 28.5 Å². The number of rotatable bonds is 3. The lowest BCUT2D eigenvalue weighted by molar-refractivity contribution is 0.0546. The van der Waals surface area contributed by atoms with Gasteiger partial charge in [0.1, 0.15) is 5.82 Å². The lowest BCUT2D eigenvalue weighted by Crippen LogP contribution is -2.49. The lowest BCUT2D eigenvalue weighted by Gasteiger charge is -2.39. The minimum absolute atomic E-state index is 0.0317. The number of piperazine rings is 1. The van der Waals surface area contributed by atoms with Gasteiger partial charge in [-0.25, -0.2) is 4.39 Å². The van der Waals surface area contributed by atoms with E-state index in [9.17, 15) is 9.18 Å². The van der Waals surface area contributed by atoms with Gasteiger partial charge in [-0.15, -0.1) is 0 Å². The molecular formula is C22H22FN3O. The summed E-state index contributed by atoms with van der Waals surface area (Å²) >= 11 is 0. The minimum atomic E-state index is -0.244. The number of aromatic nitrogens is 1. The molecule has 0 saturated carbocycles. The molecule has 1 fully saturated rings. The summed E-state index contributed by atoms with van der Waals surface area (Å²) in [5.74, 6) is -0.212. The van der Waals surface area contributed by atoms with Crippen LogP contribution < -0.4 is 0 Å². The molecule has 1 saturated heterocycles. The standard InChI is InChI=1S/C22H22FN3O/c1-24-13-14-26(16-21(24)17-7-9-19(23)10-8-17)22(27)18-5-4-6-20(15-18)25-11-2-3-12-25/h2-12,15,21H,13-14,16H2,1H3. The van der Waals surface area contributed by atoms with E-state index in [1.807, 2.05) is 65.3 Å². The van der Waals surface area contributed by atoms with E-state index >= 15 is 0 Å². The van der Waals surface area contributed by atoms with Crippen molar-refractivity contribution in [1.82, 2.24) is 14.4 Å². The highest BCUT2D eigenvalue weighted by Gasteiger charge is 2.29. The molecule has 2 heterocycles. The second-order valence-corrected chi connectivity index (χ2v) is 6.94. The average molecular weight is 363 g/mol. The van der Waals surface area contributed by atoms with E-state index in [1.54, 1.807) is 12.1 Å². The Morgan fingerprint density at radius 3 is 2.48 bits per heavy atom. The molecule has 2 aromatic carbocycles. The van der Waals surface area contributed by atoms with Crippen molar-refractivity contribution in [2.75, 3.05) is 26.7 Å². The van der Waals surface area contributed by atoms with Gasteiger partial charge in [-0.2, -0.15) is 0 Å². The Morgan fingerprint density at radius 2 is 1.74 bits per heavy atom. The first kappa shape index (κ1) is 17.5. The van der Waals surface area contributed by atoms with E-state index in [0.717, 1.165) is 17.8 Å². The maximum absolute atomic E-state index is 13.3. The molecule has 27 heavy (non-hydrogen) atoms. The number of carbonyl (C=O) groups excluding carboxylic acids is 1. The summed E-state index contributed by atoms with van der Waals surface area (Å²) in [4.78, 5) is 17.2. The van der Waals surface area contributed by atoms with Crippen LogP contribution in [0.15, 0.2) is 73.1 Å². The van der Waals surface area contributed by atoms with Gasteiger partial charge in [-0.1, -0.05) is 18.2 Å². The van der Waals surface area contributed by atoms with Gasteiger partial charge in [0.2, 0.25) is 0 Å². The number of hydrogen-bond donors (Lipinski definition) is 0. The smallest absolute Gasteiger partial charge is 0.254 e. The second-order valence-electron chi connectivity index (χ2n) is 6.94. The third-order valence-corrected chi connectivity index (χ3v) is 5.19. The third-order valence-electron chi connectivity index (χ3n) is 5.19. The highest BCUT2D eigenvalue weighted by atomic mass is 19.1. The van der Waals surface area contributed by atoms with Crippen molar-refractivity contribution in [1.29, 1.82) is 0 Å². The quantitative estimate of drug-likeness (QED) is 0.709. The fourth-order valence-corrected chi connectivity index (χ4v) is 3.59. The monoisotopic (exact) mass is 363 g/mol. The van der Waals surface area contributed by atoms with Crippen LogP contribution in [0, 0.1) is 5.82 Å². The number of halogens is 1. The van der Waals surface area contributed by atoms with E-state index in [2.05, 4.69) is 4.90 Å². The molecule has 1 amide bonds. The van der Waals surface area contributed by atoms with Gasteiger partial charge in [-0.3, -0.25) is 9.69 Å². The third kappa shape index (κ3) is 3.64. The zero-order chi connectivity index (χ0) is 18.8. The number of hydrogen-bond acceptors (Lipinski definition) is 2. The predicted molar refractivity (Wildman–Crippen MR) is 103 cm³/mol. The van der Waals surface area contributed by atoms with E-state index in [4.69, 9.17) is 0 Å². The molecule has 0 radical (unpaired) electrons. The molecule has 5 heteroatoms. The van der Waals surface area contributed by atoms with E-state index in [0.29, 0.717) is 18.7 Å². The van der Waals surface area contributed by atoms with E-state index in [-0.39, 0.29) is 17.8 Å². The summed E-state index contributed by atoms with van der Waals surface area (Å²) in [6, 6.07) is 18.2. The minimum Gasteiger partial charge on any atom is -0.335 e. The van der Waals surface area contributed by atoms with Crippen LogP contribution in [0.4, 0.5) is 4.39 Å². The van der Waals surface area contributed by atoms with Crippen LogP contribution in [0.25, 0.3) is 5.69 Å². The van der Waals surface area contributed by atoms with Crippen molar-refractivity contribution >= 4 is 5.91 Å². The van der Waals surface area contributed by atoms with Crippen molar-refractivity contribution in [2.45, 2.75) is 6.04 Å². The van der Waals surface area contributed by atoms with Gasteiger partial charge in [0.25, 0.3) is 5.91 Å². The molecule has 1 aliphatic rings. The fraction of sp³-hybridized carbons (Fsp3) is 0.227. The first-order valence-electron chi connectivity index (χ1n) is 9.10. The summed E-state index contributed by atoms with van der Waals surface area (Å²) in [6.45, 7) is 2.06. The molecule has 0 spiro atoms. The normalized spacial score (nSPS) is 17.9. The Morgan fingerprint density at radius 1 is 1.00 bits per heavy atom. The van der Waals surface area contributed by atoms with Gasteiger partial charge in [-0.05, 0) is 55.1 Å².